The van der Waals surface area contributed by atoms with E-state index in [0.717, 1.165) is 0 Å². The van der Waals surface area contributed by atoms with Crippen molar-refractivity contribution < 1.29 is 18.7 Å². The summed E-state index contributed by atoms with van der Waals surface area (Å²) in [4.78, 5) is 12.5. The van der Waals surface area contributed by atoms with Crippen LogP contribution in [-0.2, 0) is 9.53 Å². The van der Waals surface area contributed by atoms with Gasteiger partial charge < -0.3 is 20.5 Å². The first-order valence-electron chi connectivity index (χ1n) is 8.31. The van der Waals surface area contributed by atoms with Gasteiger partial charge in [-0.1, -0.05) is 13.8 Å². The van der Waals surface area contributed by atoms with Crippen LogP contribution in [0.15, 0.2) is 24.3 Å². The monoisotopic (exact) mass is 338 g/mol. The number of benzene rings is 1. The van der Waals surface area contributed by atoms with E-state index in [1.54, 1.807) is 12.1 Å². The predicted molar refractivity (Wildman–Crippen MR) is 90.2 cm³/mol. The molecule has 5 nitrogen and oxygen atoms in total. The van der Waals surface area contributed by atoms with Gasteiger partial charge in [-0.2, -0.15) is 0 Å². The molecule has 0 aliphatic heterocycles. The van der Waals surface area contributed by atoms with Crippen molar-refractivity contribution in [2.75, 3.05) is 13.2 Å². The van der Waals surface area contributed by atoms with Gasteiger partial charge in [0, 0.05) is 18.4 Å². The lowest BCUT2D eigenvalue weighted by atomic mass is 9.54. The van der Waals surface area contributed by atoms with Crippen LogP contribution in [-0.4, -0.2) is 36.8 Å². The Bertz CT molecular complexity index is 576. The number of hydrogen-bond acceptors (Lipinski definition) is 4. The topological polar surface area (TPSA) is 73.6 Å². The molecule has 0 radical (unpaired) electrons. The highest BCUT2D eigenvalue weighted by Crippen LogP contribution is 2.49. The maximum Gasteiger partial charge on any atom is 0.240 e. The van der Waals surface area contributed by atoms with Gasteiger partial charge in [-0.25, -0.2) is 4.39 Å². The highest BCUT2D eigenvalue weighted by molar-refractivity contribution is 5.88. The SMILES string of the molecule is CCOC1CC(N)(C(=O)NCC(C)Oc2ccc(F)cc2)C1(C)C. The van der Waals surface area contributed by atoms with Crippen LogP contribution >= 0.6 is 0 Å². The number of ether oxygens (including phenoxy) is 2. The largest absolute Gasteiger partial charge is 0.489 e. The molecule has 3 atom stereocenters. The van der Waals surface area contributed by atoms with E-state index < -0.39 is 11.0 Å². The Morgan fingerprint density at radius 1 is 1.42 bits per heavy atom. The standard InChI is InChI=1S/C18H27FN2O3/c1-5-23-15-10-18(20,17(15,3)4)16(22)21-11-12(2)24-14-8-6-13(19)7-9-14/h6-9,12,15H,5,10-11,20H2,1-4H3,(H,21,22). The third-order valence-electron chi connectivity index (χ3n) is 4.94. The van der Waals surface area contributed by atoms with Crippen LogP contribution in [0.25, 0.3) is 0 Å². The second kappa shape index (κ2) is 7.07. The van der Waals surface area contributed by atoms with Gasteiger partial charge in [-0.05, 0) is 38.1 Å². The van der Waals surface area contributed by atoms with E-state index in [9.17, 15) is 9.18 Å². The Labute approximate surface area is 142 Å². The maximum atomic E-state index is 12.9. The molecule has 134 valence electrons. The van der Waals surface area contributed by atoms with Crippen molar-refractivity contribution >= 4 is 5.91 Å². The second-order valence-corrected chi connectivity index (χ2v) is 6.93. The Kier molecular flexibility index (Phi) is 5.50. The van der Waals surface area contributed by atoms with Gasteiger partial charge in [-0.15, -0.1) is 0 Å². The lowest BCUT2D eigenvalue weighted by Crippen LogP contribution is -2.76. The lowest BCUT2D eigenvalue weighted by Gasteiger charge is -2.57. The van der Waals surface area contributed by atoms with E-state index >= 15 is 0 Å². The molecule has 0 heterocycles. The summed E-state index contributed by atoms with van der Waals surface area (Å²) in [5, 5.41) is 2.86. The fourth-order valence-corrected chi connectivity index (χ4v) is 3.00. The molecular weight excluding hydrogens is 311 g/mol. The molecule has 1 fully saturated rings. The average molecular weight is 338 g/mol. The van der Waals surface area contributed by atoms with Gasteiger partial charge in [0.05, 0.1) is 12.6 Å². The Morgan fingerprint density at radius 2 is 2.04 bits per heavy atom. The second-order valence-electron chi connectivity index (χ2n) is 6.93. The predicted octanol–water partition coefficient (Wildman–Crippen LogP) is 2.24. The Hall–Kier alpha value is -1.66. The van der Waals surface area contributed by atoms with E-state index in [1.165, 1.54) is 12.1 Å². The molecule has 1 amide bonds. The summed E-state index contributed by atoms with van der Waals surface area (Å²) in [5.41, 5.74) is 4.96. The summed E-state index contributed by atoms with van der Waals surface area (Å²) in [6, 6.07) is 5.78. The molecule has 1 aliphatic rings. The van der Waals surface area contributed by atoms with Crippen LogP contribution < -0.4 is 15.8 Å². The molecule has 0 bridgehead atoms. The van der Waals surface area contributed by atoms with Gasteiger partial charge in [0.2, 0.25) is 5.91 Å². The summed E-state index contributed by atoms with van der Waals surface area (Å²) >= 11 is 0. The summed E-state index contributed by atoms with van der Waals surface area (Å²) in [5.74, 6) is 0.0449. The summed E-state index contributed by atoms with van der Waals surface area (Å²) in [6.07, 6.45) is 0.243. The van der Waals surface area contributed by atoms with Gasteiger partial charge in [0.15, 0.2) is 0 Å². The highest BCUT2D eigenvalue weighted by atomic mass is 19.1. The van der Waals surface area contributed by atoms with Crippen LogP contribution in [0.3, 0.4) is 0 Å². The van der Waals surface area contributed by atoms with E-state index in [1.807, 2.05) is 27.7 Å². The zero-order valence-electron chi connectivity index (χ0n) is 14.8. The zero-order chi connectivity index (χ0) is 18.0. The Balaban J connectivity index is 1.85. The fraction of sp³-hybridized carbons (Fsp3) is 0.611. The van der Waals surface area contributed by atoms with Crippen LogP contribution in [0, 0.1) is 11.2 Å². The molecule has 0 spiro atoms. The summed E-state index contributed by atoms with van der Waals surface area (Å²) < 4.78 is 24.2. The molecule has 24 heavy (non-hydrogen) atoms. The fourth-order valence-electron chi connectivity index (χ4n) is 3.00. The van der Waals surface area contributed by atoms with Crippen molar-refractivity contribution in [1.29, 1.82) is 0 Å². The van der Waals surface area contributed by atoms with Gasteiger partial charge in [0.1, 0.15) is 23.2 Å². The molecule has 1 aliphatic carbocycles. The zero-order valence-corrected chi connectivity index (χ0v) is 14.8. The van der Waals surface area contributed by atoms with Crippen molar-refractivity contribution in [3.05, 3.63) is 30.1 Å². The first-order chi connectivity index (χ1) is 11.2. The van der Waals surface area contributed by atoms with Crippen molar-refractivity contribution in [2.24, 2.45) is 11.1 Å². The molecule has 0 aromatic heterocycles. The van der Waals surface area contributed by atoms with Crippen molar-refractivity contribution in [1.82, 2.24) is 5.32 Å². The van der Waals surface area contributed by atoms with Crippen LogP contribution in [0.4, 0.5) is 4.39 Å². The molecule has 0 saturated heterocycles. The smallest absolute Gasteiger partial charge is 0.240 e. The van der Waals surface area contributed by atoms with E-state index in [2.05, 4.69) is 5.32 Å². The van der Waals surface area contributed by atoms with Crippen molar-refractivity contribution in [2.45, 2.75) is 51.9 Å². The molecule has 1 aromatic rings. The van der Waals surface area contributed by atoms with Crippen LogP contribution in [0.5, 0.6) is 5.75 Å². The number of nitrogens with one attached hydrogen (secondary N) is 1. The molecule has 1 aromatic carbocycles. The van der Waals surface area contributed by atoms with E-state index in [0.29, 0.717) is 25.3 Å². The van der Waals surface area contributed by atoms with Crippen molar-refractivity contribution in [3.8, 4) is 5.75 Å². The quantitative estimate of drug-likeness (QED) is 0.800. The molecule has 2 rings (SSSR count). The van der Waals surface area contributed by atoms with Crippen LogP contribution in [0.1, 0.15) is 34.1 Å². The minimum Gasteiger partial charge on any atom is -0.489 e. The maximum absolute atomic E-state index is 12.9. The molecular formula is C18H27FN2O3. The third-order valence-corrected chi connectivity index (χ3v) is 4.94. The third kappa shape index (κ3) is 3.54. The number of carbonyl (C=O) groups excluding carboxylic acids is 1. The average Bonchev–Trinajstić information content (AvgIpc) is 2.54. The van der Waals surface area contributed by atoms with Crippen LogP contribution in [0.2, 0.25) is 0 Å². The summed E-state index contributed by atoms with van der Waals surface area (Å²) in [7, 11) is 0. The van der Waals surface area contributed by atoms with Gasteiger partial charge in [-0.3, -0.25) is 4.79 Å². The number of nitrogens with two attached hydrogens (primary N) is 1. The number of carbonyl (C=O) groups is 1. The van der Waals surface area contributed by atoms with E-state index in [4.69, 9.17) is 15.2 Å². The van der Waals surface area contributed by atoms with Crippen molar-refractivity contribution in [3.63, 3.8) is 0 Å². The number of halogens is 1. The minimum atomic E-state index is -0.942. The van der Waals surface area contributed by atoms with Gasteiger partial charge >= 0.3 is 0 Å². The number of amides is 1. The first kappa shape index (κ1) is 18.7. The highest BCUT2D eigenvalue weighted by Gasteiger charge is 2.62. The lowest BCUT2D eigenvalue weighted by molar-refractivity contribution is -0.170. The summed E-state index contributed by atoms with van der Waals surface area (Å²) in [6.45, 7) is 8.60. The number of rotatable bonds is 7. The van der Waals surface area contributed by atoms with E-state index in [-0.39, 0.29) is 23.9 Å². The normalized spacial score (nSPS) is 26.3. The molecule has 3 unspecified atom stereocenters. The molecule has 6 heteroatoms. The molecule has 1 saturated carbocycles. The minimum absolute atomic E-state index is 0.00820. The number of hydrogen-bond donors (Lipinski definition) is 2. The Morgan fingerprint density at radius 3 is 2.58 bits per heavy atom. The molecule has 3 N–H and O–H groups in total. The first-order valence-corrected chi connectivity index (χ1v) is 8.31. The van der Waals surface area contributed by atoms with Gasteiger partial charge in [0.25, 0.3) is 0 Å².